The molecule has 5 heteroatoms. The zero-order valence-electron chi connectivity index (χ0n) is 9.10. The van der Waals surface area contributed by atoms with E-state index in [1.54, 1.807) is 12.1 Å². The second kappa shape index (κ2) is 4.89. The number of carboxylic acid groups (broad SMARTS) is 1. The summed E-state index contributed by atoms with van der Waals surface area (Å²) in [6.45, 7) is 1.93. The Morgan fingerprint density at radius 1 is 1.47 bits per heavy atom. The molecule has 1 heterocycles. The molecule has 88 valence electrons. The van der Waals surface area contributed by atoms with E-state index in [0.29, 0.717) is 20.6 Å². The van der Waals surface area contributed by atoms with Crippen molar-refractivity contribution in [1.29, 1.82) is 0 Å². The van der Waals surface area contributed by atoms with Crippen LogP contribution in [-0.4, -0.2) is 16.8 Å². The van der Waals surface area contributed by atoms with Crippen LogP contribution < -0.4 is 0 Å². The number of benzene rings is 1. The van der Waals surface area contributed by atoms with Gasteiger partial charge < -0.3 is 9.52 Å². The maximum atomic E-state index is 11.2. The molecule has 0 aliphatic heterocycles. The van der Waals surface area contributed by atoms with Crippen molar-refractivity contribution in [1.82, 2.24) is 0 Å². The Balaban J connectivity index is 2.84. The van der Waals surface area contributed by atoms with Gasteiger partial charge in [-0.15, -0.1) is 0 Å². The Labute approximate surface area is 107 Å². The number of hydrogen-bond acceptors (Lipinski definition) is 4. The van der Waals surface area contributed by atoms with E-state index in [4.69, 9.17) is 16.6 Å². The third kappa shape index (κ3) is 2.21. The fourth-order valence-corrected chi connectivity index (χ4v) is 2.70. The van der Waals surface area contributed by atoms with Crippen molar-refractivity contribution in [2.45, 2.75) is 12.0 Å². The van der Waals surface area contributed by atoms with E-state index in [0.717, 1.165) is 5.75 Å². The maximum Gasteiger partial charge on any atom is 0.341 e. The van der Waals surface area contributed by atoms with Gasteiger partial charge in [-0.05, 0) is 17.9 Å². The highest BCUT2D eigenvalue weighted by atomic mass is 32.2. The van der Waals surface area contributed by atoms with Crippen molar-refractivity contribution in [3.05, 3.63) is 34.3 Å². The average Bonchev–Trinajstić information content (AvgIpc) is 2.29. The predicted molar refractivity (Wildman–Crippen MR) is 70.4 cm³/mol. The van der Waals surface area contributed by atoms with Gasteiger partial charge in [0.2, 0.25) is 0 Å². The summed E-state index contributed by atoms with van der Waals surface area (Å²) in [4.78, 5) is 11.2. The molecule has 0 unspecified atom stereocenters. The summed E-state index contributed by atoms with van der Waals surface area (Å²) in [6, 6.07) is 7.21. The molecular formula is C12H10O3S2. The zero-order valence-corrected chi connectivity index (χ0v) is 10.7. The van der Waals surface area contributed by atoms with Crippen molar-refractivity contribution in [3.8, 4) is 0 Å². The van der Waals surface area contributed by atoms with Crippen LogP contribution in [-0.2, 0) is 0 Å². The van der Waals surface area contributed by atoms with Gasteiger partial charge in [-0.1, -0.05) is 43.0 Å². The first-order valence-electron chi connectivity index (χ1n) is 5.07. The summed E-state index contributed by atoms with van der Waals surface area (Å²) in [6.07, 6.45) is 0. The number of para-hydroxylation sites is 1. The first-order valence-corrected chi connectivity index (χ1v) is 6.46. The molecular weight excluding hydrogens is 256 g/mol. The first-order chi connectivity index (χ1) is 8.15. The van der Waals surface area contributed by atoms with Crippen LogP contribution in [0.1, 0.15) is 17.3 Å². The van der Waals surface area contributed by atoms with Gasteiger partial charge in [-0.2, -0.15) is 0 Å². The van der Waals surface area contributed by atoms with Crippen LogP contribution in [0.3, 0.4) is 0 Å². The summed E-state index contributed by atoms with van der Waals surface area (Å²) in [5, 5.41) is 10.2. The molecule has 17 heavy (non-hydrogen) atoms. The number of carboxylic acids is 1. The van der Waals surface area contributed by atoms with Gasteiger partial charge in [0.15, 0.2) is 5.09 Å². The number of hydrogen-bond donors (Lipinski definition) is 1. The summed E-state index contributed by atoms with van der Waals surface area (Å²) >= 11 is 6.56. The van der Waals surface area contributed by atoms with Crippen LogP contribution in [0.2, 0.25) is 0 Å². The molecule has 0 fully saturated rings. The van der Waals surface area contributed by atoms with E-state index < -0.39 is 5.97 Å². The van der Waals surface area contributed by atoms with Gasteiger partial charge >= 0.3 is 5.97 Å². The highest BCUT2D eigenvalue weighted by molar-refractivity contribution is 7.99. The van der Waals surface area contributed by atoms with E-state index >= 15 is 0 Å². The van der Waals surface area contributed by atoms with Crippen LogP contribution in [0.15, 0.2) is 33.8 Å². The molecule has 0 radical (unpaired) electrons. The lowest BCUT2D eigenvalue weighted by Gasteiger charge is -2.06. The molecule has 0 spiro atoms. The summed E-state index contributed by atoms with van der Waals surface area (Å²) in [7, 11) is 0. The van der Waals surface area contributed by atoms with E-state index in [9.17, 15) is 9.90 Å². The summed E-state index contributed by atoms with van der Waals surface area (Å²) < 4.78 is 5.93. The number of aromatic carboxylic acids is 1. The number of fused-ring (bicyclic) bond motifs is 1. The number of thioether (sulfide) groups is 1. The highest BCUT2D eigenvalue weighted by Gasteiger charge is 2.17. The van der Waals surface area contributed by atoms with E-state index in [1.165, 1.54) is 11.8 Å². The first kappa shape index (κ1) is 12.1. The molecule has 1 aromatic carbocycles. The van der Waals surface area contributed by atoms with Crippen LogP contribution in [0.5, 0.6) is 0 Å². The van der Waals surface area contributed by atoms with Gasteiger partial charge in [0.05, 0.1) is 4.51 Å². The van der Waals surface area contributed by atoms with Gasteiger partial charge in [-0.3, -0.25) is 0 Å². The monoisotopic (exact) mass is 266 g/mol. The minimum Gasteiger partial charge on any atom is -0.477 e. The number of carbonyl (C=O) groups is 1. The Hall–Kier alpha value is -1.33. The van der Waals surface area contributed by atoms with Crippen molar-refractivity contribution >= 4 is 40.9 Å². The molecule has 0 saturated heterocycles. The standard InChI is InChI=1S/C12H10O3S2/c1-2-17-12-9(11(13)14)10(16)7-5-3-4-6-8(7)15-12/h3-6H,2H2,1H3,(H,13,14). The third-order valence-electron chi connectivity index (χ3n) is 2.25. The lowest BCUT2D eigenvalue weighted by molar-refractivity contribution is 0.0687. The Bertz CT molecular complexity index is 631. The van der Waals surface area contributed by atoms with Gasteiger partial charge in [0.1, 0.15) is 11.1 Å². The normalized spacial score (nSPS) is 10.6. The van der Waals surface area contributed by atoms with E-state index in [2.05, 4.69) is 0 Å². The zero-order chi connectivity index (χ0) is 12.4. The van der Waals surface area contributed by atoms with Crippen LogP contribution in [0, 0.1) is 4.51 Å². The van der Waals surface area contributed by atoms with Crippen LogP contribution in [0.4, 0.5) is 0 Å². The third-order valence-corrected chi connectivity index (χ3v) is 3.52. The quantitative estimate of drug-likeness (QED) is 0.673. The average molecular weight is 266 g/mol. The lowest BCUT2D eigenvalue weighted by atomic mass is 10.2. The molecule has 1 N–H and O–H groups in total. The predicted octanol–water partition coefficient (Wildman–Crippen LogP) is 3.97. The molecule has 0 saturated carbocycles. The molecule has 0 bridgehead atoms. The topological polar surface area (TPSA) is 50.4 Å². The second-order valence-electron chi connectivity index (χ2n) is 3.33. The summed E-state index contributed by atoms with van der Waals surface area (Å²) in [5.41, 5.74) is 0.712. The number of rotatable bonds is 3. The minimum absolute atomic E-state index is 0.0885. The lowest BCUT2D eigenvalue weighted by Crippen LogP contribution is -2.01. The maximum absolute atomic E-state index is 11.2. The second-order valence-corrected chi connectivity index (χ2v) is 4.97. The molecule has 2 aromatic rings. The van der Waals surface area contributed by atoms with Gasteiger partial charge in [-0.25, -0.2) is 4.79 Å². The molecule has 0 aliphatic carbocycles. The molecule has 1 aromatic heterocycles. The molecule has 0 atom stereocenters. The largest absolute Gasteiger partial charge is 0.477 e. The Morgan fingerprint density at radius 2 is 2.18 bits per heavy atom. The minimum atomic E-state index is -1.04. The summed E-state index contributed by atoms with van der Waals surface area (Å²) in [5.74, 6) is -0.308. The van der Waals surface area contributed by atoms with Gasteiger partial charge in [0.25, 0.3) is 0 Å². The van der Waals surface area contributed by atoms with Crippen LogP contribution >= 0.6 is 24.0 Å². The fourth-order valence-electron chi connectivity index (χ4n) is 1.54. The highest BCUT2D eigenvalue weighted by Crippen LogP contribution is 2.29. The molecule has 3 nitrogen and oxygen atoms in total. The Kier molecular flexibility index (Phi) is 3.49. The SMILES string of the molecule is CCSc1oc2ccccc2c(=S)c1C(=O)O. The van der Waals surface area contributed by atoms with Crippen molar-refractivity contribution in [2.75, 3.05) is 5.75 Å². The smallest absolute Gasteiger partial charge is 0.341 e. The van der Waals surface area contributed by atoms with Gasteiger partial charge in [0, 0.05) is 5.39 Å². The van der Waals surface area contributed by atoms with Crippen molar-refractivity contribution in [2.24, 2.45) is 0 Å². The molecule has 2 rings (SSSR count). The Morgan fingerprint density at radius 3 is 2.82 bits per heavy atom. The van der Waals surface area contributed by atoms with Crippen molar-refractivity contribution in [3.63, 3.8) is 0 Å². The molecule has 0 aliphatic rings. The van der Waals surface area contributed by atoms with E-state index in [-0.39, 0.29) is 5.56 Å². The fraction of sp³-hybridized carbons (Fsp3) is 0.167. The van der Waals surface area contributed by atoms with Crippen LogP contribution in [0.25, 0.3) is 11.0 Å². The molecule has 0 amide bonds. The van der Waals surface area contributed by atoms with E-state index in [1.807, 2.05) is 19.1 Å². The van der Waals surface area contributed by atoms with Crippen molar-refractivity contribution < 1.29 is 14.3 Å².